The van der Waals surface area contributed by atoms with E-state index in [4.69, 9.17) is 16.3 Å². The topological polar surface area (TPSA) is 9.23 Å². The highest BCUT2D eigenvalue weighted by Gasteiger charge is 2.23. The molecule has 1 nitrogen and oxygen atoms in total. The summed E-state index contributed by atoms with van der Waals surface area (Å²) in [4.78, 5) is -0.993. The molecule has 0 aromatic heterocycles. The highest BCUT2D eigenvalue weighted by Crippen LogP contribution is 2.37. The maximum absolute atomic E-state index is 14.0. The molecule has 0 bridgehead atoms. The lowest BCUT2D eigenvalue weighted by Crippen LogP contribution is -2.03. The Morgan fingerprint density at radius 3 is 2.20 bits per heavy atom. The van der Waals surface area contributed by atoms with E-state index in [-0.39, 0.29) is 21.9 Å². The third-order valence-corrected chi connectivity index (χ3v) is 3.96. The van der Waals surface area contributed by atoms with Gasteiger partial charge in [0.2, 0.25) is 0 Å². The smallest absolute Gasteiger partial charge is 0.134 e. The molecular formula is C14H9BrClF3O. The van der Waals surface area contributed by atoms with Crippen LogP contribution >= 0.6 is 27.5 Å². The van der Waals surface area contributed by atoms with Crippen LogP contribution in [-0.2, 0) is 0 Å². The molecule has 2 aromatic carbocycles. The van der Waals surface area contributed by atoms with Crippen molar-refractivity contribution < 1.29 is 17.9 Å². The fraction of sp³-hybridized carbons (Fsp3) is 0.143. The van der Waals surface area contributed by atoms with E-state index in [1.807, 2.05) is 0 Å². The highest BCUT2D eigenvalue weighted by molar-refractivity contribution is 9.09. The van der Waals surface area contributed by atoms with Crippen molar-refractivity contribution in [3.63, 3.8) is 0 Å². The van der Waals surface area contributed by atoms with E-state index in [9.17, 15) is 13.2 Å². The van der Waals surface area contributed by atoms with E-state index >= 15 is 0 Å². The average molecular weight is 366 g/mol. The van der Waals surface area contributed by atoms with Gasteiger partial charge in [-0.3, -0.25) is 0 Å². The number of benzene rings is 2. The Bertz CT molecular complexity index is 625. The third kappa shape index (κ3) is 2.94. The van der Waals surface area contributed by atoms with Crippen LogP contribution in [0.4, 0.5) is 13.2 Å². The van der Waals surface area contributed by atoms with E-state index in [1.165, 1.54) is 19.2 Å². The summed E-state index contributed by atoms with van der Waals surface area (Å²) >= 11 is 8.89. The van der Waals surface area contributed by atoms with Gasteiger partial charge in [0.05, 0.1) is 11.9 Å². The molecule has 0 N–H and O–H groups in total. The van der Waals surface area contributed by atoms with Crippen LogP contribution < -0.4 is 4.74 Å². The van der Waals surface area contributed by atoms with Gasteiger partial charge < -0.3 is 4.74 Å². The lowest BCUT2D eigenvalue weighted by atomic mass is 10.0. The molecule has 2 rings (SSSR count). The van der Waals surface area contributed by atoms with Crippen molar-refractivity contribution in [1.82, 2.24) is 0 Å². The van der Waals surface area contributed by atoms with Gasteiger partial charge in [0.25, 0.3) is 0 Å². The molecule has 2 aromatic rings. The predicted octanol–water partition coefficient (Wildman–Crippen LogP) is 5.25. The van der Waals surface area contributed by atoms with Crippen molar-refractivity contribution in [2.24, 2.45) is 0 Å². The van der Waals surface area contributed by atoms with Crippen LogP contribution in [0.5, 0.6) is 5.75 Å². The second-order valence-electron chi connectivity index (χ2n) is 4.03. The summed E-state index contributed by atoms with van der Waals surface area (Å²) in [5.41, 5.74) is -0.243. The van der Waals surface area contributed by atoms with Gasteiger partial charge >= 0.3 is 0 Å². The number of halogens is 5. The standard InChI is InChI=1S/C14H9BrClF3O/c1-20-8-5-11(18)13(12(19)6-8)14(15)9-4-7(16)2-3-10(9)17/h2-6,14H,1H3. The Labute approximate surface area is 127 Å². The van der Waals surface area contributed by atoms with Gasteiger partial charge in [0.1, 0.15) is 23.2 Å². The molecule has 0 heterocycles. The molecule has 0 aliphatic heterocycles. The molecule has 0 saturated heterocycles. The maximum Gasteiger partial charge on any atom is 0.134 e. The zero-order valence-corrected chi connectivity index (χ0v) is 12.6. The van der Waals surface area contributed by atoms with Crippen LogP contribution in [0.3, 0.4) is 0 Å². The number of ether oxygens (including phenoxy) is 1. The Kier molecular flexibility index (Phi) is 4.60. The molecule has 0 saturated carbocycles. The van der Waals surface area contributed by atoms with Gasteiger partial charge in [-0.25, -0.2) is 13.2 Å². The minimum absolute atomic E-state index is 0.0509. The van der Waals surface area contributed by atoms with E-state index in [2.05, 4.69) is 15.9 Å². The van der Waals surface area contributed by atoms with Gasteiger partial charge in [0.15, 0.2) is 0 Å². The summed E-state index contributed by atoms with van der Waals surface area (Å²) in [6.45, 7) is 0. The molecule has 0 aliphatic carbocycles. The van der Waals surface area contributed by atoms with E-state index in [0.29, 0.717) is 0 Å². The zero-order valence-electron chi connectivity index (χ0n) is 10.3. The average Bonchev–Trinajstić information content (AvgIpc) is 2.40. The van der Waals surface area contributed by atoms with Crippen LogP contribution in [0.2, 0.25) is 5.02 Å². The summed E-state index contributed by atoms with van der Waals surface area (Å²) in [7, 11) is 1.30. The van der Waals surface area contributed by atoms with E-state index < -0.39 is 22.3 Å². The quantitative estimate of drug-likeness (QED) is 0.675. The van der Waals surface area contributed by atoms with Gasteiger partial charge in [0, 0.05) is 28.3 Å². The van der Waals surface area contributed by atoms with E-state index in [0.717, 1.165) is 18.2 Å². The number of methoxy groups -OCH3 is 1. The largest absolute Gasteiger partial charge is 0.497 e. The van der Waals surface area contributed by atoms with E-state index in [1.54, 1.807) is 0 Å². The first-order valence-corrected chi connectivity index (χ1v) is 6.85. The van der Waals surface area contributed by atoms with Gasteiger partial charge in [-0.05, 0) is 18.2 Å². The monoisotopic (exact) mass is 364 g/mol. The molecule has 0 aliphatic rings. The molecule has 0 radical (unpaired) electrons. The second kappa shape index (κ2) is 6.06. The molecule has 106 valence electrons. The normalized spacial score (nSPS) is 12.3. The lowest BCUT2D eigenvalue weighted by molar-refractivity contribution is 0.405. The third-order valence-electron chi connectivity index (χ3n) is 2.77. The minimum atomic E-state index is -0.993. The first-order valence-electron chi connectivity index (χ1n) is 5.56. The number of hydrogen-bond acceptors (Lipinski definition) is 1. The second-order valence-corrected chi connectivity index (χ2v) is 5.39. The molecule has 1 unspecified atom stereocenters. The molecule has 0 amide bonds. The van der Waals surface area contributed by atoms with Crippen molar-refractivity contribution >= 4 is 27.5 Å². The molecule has 0 spiro atoms. The Morgan fingerprint density at radius 1 is 1.05 bits per heavy atom. The molecule has 0 fully saturated rings. The summed E-state index contributed by atoms with van der Waals surface area (Å²) < 4.78 is 46.4. The first kappa shape index (κ1) is 15.2. The van der Waals surface area contributed by atoms with Gasteiger partial charge in [-0.15, -0.1) is 0 Å². The van der Waals surface area contributed by atoms with Crippen LogP contribution in [0.1, 0.15) is 16.0 Å². The summed E-state index contributed by atoms with van der Waals surface area (Å²) in [6.07, 6.45) is 0. The number of rotatable bonds is 3. The fourth-order valence-electron chi connectivity index (χ4n) is 1.79. The van der Waals surface area contributed by atoms with Crippen LogP contribution in [0.15, 0.2) is 30.3 Å². The summed E-state index contributed by atoms with van der Waals surface area (Å²) in [5, 5.41) is 0.278. The molecule has 6 heteroatoms. The molecule has 1 atom stereocenters. The van der Waals surface area contributed by atoms with Crippen molar-refractivity contribution in [2.75, 3.05) is 7.11 Å². The highest BCUT2D eigenvalue weighted by atomic mass is 79.9. The van der Waals surface area contributed by atoms with Crippen LogP contribution in [-0.4, -0.2) is 7.11 Å². The summed E-state index contributed by atoms with van der Waals surface area (Å²) in [6, 6.07) is 5.90. The van der Waals surface area contributed by atoms with Crippen molar-refractivity contribution in [3.8, 4) is 5.75 Å². The SMILES string of the molecule is COc1cc(F)c(C(Br)c2cc(Cl)ccc2F)c(F)c1. The van der Waals surface area contributed by atoms with Crippen LogP contribution in [0, 0.1) is 17.5 Å². The Hall–Kier alpha value is -1.20. The van der Waals surface area contributed by atoms with Crippen molar-refractivity contribution in [2.45, 2.75) is 4.83 Å². The summed E-state index contributed by atoms with van der Waals surface area (Å²) in [5.74, 6) is -2.22. The van der Waals surface area contributed by atoms with Crippen molar-refractivity contribution in [1.29, 1.82) is 0 Å². The Morgan fingerprint density at radius 2 is 1.65 bits per heavy atom. The van der Waals surface area contributed by atoms with Gasteiger partial charge in [-0.1, -0.05) is 27.5 Å². The van der Waals surface area contributed by atoms with Gasteiger partial charge in [-0.2, -0.15) is 0 Å². The zero-order chi connectivity index (χ0) is 14.9. The first-order chi connectivity index (χ1) is 9.43. The Balaban J connectivity index is 2.53. The number of hydrogen-bond donors (Lipinski definition) is 0. The predicted molar refractivity (Wildman–Crippen MR) is 75.1 cm³/mol. The molecule has 20 heavy (non-hydrogen) atoms. The number of alkyl halides is 1. The lowest BCUT2D eigenvalue weighted by Gasteiger charge is -2.15. The van der Waals surface area contributed by atoms with Crippen molar-refractivity contribution in [3.05, 3.63) is 63.9 Å². The molecular weight excluding hydrogens is 357 g/mol. The van der Waals surface area contributed by atoms with Crippen LogP contribution in [0.25, 0.3) is 0 Å². The minimum Gasteiger partial charge on any atom is -0.497 e. The maximum atomic E-state index is 14.0. The fourth-order valence-corrected chi connectivity index (χ4v) is 2.75.